The Labute approximate surface area is 189 Å². The second kappa shape index (κ2) is 8.79. The zero-order valence-corrected chi connectivity index (χ0v) is 19.4. The van der Waals surface area contributed by atoms with Crippen molar-refractivity contribution in [3.8, 4) is 16.9 Å². The van der Waals surface area contributed by atoms with Crippen molar-refractivity contribution in [1.29, 1.82) is 0 Å². The molecule has 3 aromatic carbocycles. The molecular weight excluding hydrogens is 401 g/mol. The van der Waals surface area contributed by atoms with Gasteiger partial charge in [0, 0.05) is 22.9 Å². The quantitative estimate of drug-likeness (QED) is 0.450. The smallest absolute Gasteiger partial charge is 0.129 e. The van der Waals surface area contributed by atoms with E-state index in [1.807, 2.05) is 0 Å². The van der Waals surface area contributed by atoms with Crippen LogP contribution in [0, 0.1) is 12.7 Å². The number of halogens is 1. The SMILES string of the molecule is COc1cc(F)ccc1-c1ccc2c(c1COCc1ccc(C)cc1)C(C)=CC(C)(C)N2. The van der Waals surface area contributed by atoms with Gasteiger partial charge in [-0.1, -0.05) is 42.0 Å². The van der Waals surface area contributed by atoms with E-state index >= 15 is 0 Å². The third kappa shape index (κ3) is 4.56. The summed E-state index contributed by atoms with van der Waals surface area (Å²) in [7, 11) is 1.57. The average molecular weight is 432 g/mol. The van der Waals surface area contributed by atoms with E-state index in [0.29, 0.717) is 19.0 Å². The molecule has 0 saturated heterocycles. The number of benzene rings is 3. The van der Waals surface area contributed by atoms with Crippen molar-refractivity contribution in [3.05, 3.63) is 88.7 Å². The predicted octanol–water partition coefficient (Wildman–Crippen LogP) is 7.13. The van der Waals surface area contributed by atoms with Crippen LogP contribution in [0.1, 0.15) is 43.0 Å². The molecular formula is C28H30FNO2. The van der Waals surface area contributed by atoms with Gasteiger partial charge in [0.1, 0.15) is 11.6 Å². The molecule has 1 heterocycles. The van der Waals surface area contributed by atoms with Gasteiger partial charge >= 0.3 is 0 Å². The van der Waals surface area contributed by atoms with Crippen molar-refractivity contribution < 1.29 is 13.9 Å². The zero-order valence-electron chi connectivity index (χ0n) is 19.4. The third-order valence-corrected chi connectivity index (χ3v) is 5.83. The maximum absolute atomic E-state index is 13.9. The van der Waals surface area contributed by atoms with E-state index < -0.39 is 0 Å². The molecule has 166 valence electrons. The second-order valence-corrected chi connectivity index (χ2v) is 9.01. The molecule has 3 nitrogen and oxygen atoms in total. The molecule has 1 aliphatic rings. The number of hydrogen-bond acceptors (Lipinski definition) is 3. The molecule has 0 atom stereocenters. The Morgan fingerprint density at radius 2 is 1.62 bits per heavy atom. The monoisotopic (exact) mass is 431 g/mol. The topological polar surface area (TPSA) is 30.5 Å². The Morgan fingerprint density at radius 3 is 2.34 bits per heavy atom. The van der Waals surface area contributed by atoms with Crippen LogP contribution in [-0.2, 0) is 18.0 Å². The lowest BCUT2D eigenvalue weighted by atomic mass is 9.85. The first-order chi connectivity index (χ1) is 15.3. The summed E-state index contributed by atoms with van der Waals surface area (Å²) in [6, 6.07) is 17.2. The number of fused-ring (bicyclic) bond motifs is 1. The molecule has 0 saturated carbocycles. The van der Waals surface area contributed by atoms with Gasteiger partial charge in [-0.05, 0) is 68.2 Å². The van der Waals surface area contributed by atoms with Crippen LogP contribution < -0.4 is 10.1 Å². The first-order valence-corrected chi connectivity index (χ1v) is 10.9. The maximum Gasteiger partial charge on any atom is 0.129 e. The third-order valence-electron chi connectivity index (χ3n) is 5.83. The predicted molar refractivity (Wildman–Crippen MR) is 129 cm³/mol. The van der Waals surface area contributed by atoms with Gasteiger partial charge in [0.25, 0.3) is 0 Å². The van der Waals surface area contributed by atoms with Crippen molar-refractivity contribution in [2.75, 3.05) is 12.4 Å². The molecule has 0 amide bonds. The second-order valence-electron chi connectivity index (χ2n) is 9.01. The Kier molecular flexibility index (Phi) is 6.07. The van der Waals surface area contributed by atoms with Crippen LogP contribution >= 0.6 is 0 Å². The number of ether oxygens (including phenoxy) is 2. The van der Waals surface area contributed by atoms with Gasteiger partial charge in [-0.15, -0.1) is 0 Å². The summed E-state index contributed by atoms with van der Waals surface area (Å²) in [5.41, 5.74) is 8.54. The summed E-state index contributed by atoms with van der Waals surface area (Å²) in [4.78, 5) is 0. The molecule has 32 heavy (non-hydrogen) atoms. The van der Waals surface area contributed by atoms with Gasteiger partial charge in [0.15, 0.2) is 0 Å². The Balaban J connectivity index is 1.77. The van der Waals surface area contributed by atoms with E-state index in [1.165, 1.54) is 23.3 Å². The first kappa shape index (κ1) is 22.1. The minimum Gasteiger partial charge on any atom is -0.496 e. The molecule has 4 rings (SSSR count). The van der Waals surface area contributed by atoms with Crippen LogP contribution in [0.5, 0.6) is 5.75 Å². The molecule has 3 aromatic rings. The lowest BCUT2D eigenvalue weighted by Gasteiger charge is -2.33. The average Bonchev–Trinajstić information content (AvgIpc) is 2.74. The summed E-state index contributed by atoms with van der Waals surface area (Å²) in [5, 5.41) is 3.61. The minimum absolute atomic E-state index is 0.133. The summed E-state index contributed by atoms with van der Waals surface area (Å²) in [5.74, 6) is 0.190. The van der Waals surface area contributed by atoms with Gasteiger partial charge in [-0.3, -0.25) is 0 Å². The normalized spacial score (nSPS) is 14.4. The lowest BCUT2D eigenvalue weighted by molar-refractivity contribution is 0.107. The number of rotatable bonds is 6. The molecule has 0 unspecified atom stereocenters. The molecule has 0 bridgehead atoms. The Hall–Kier alpha value is -3.11. The Bertz CT molecular complexity index is 1160. The number of nitrogens with one attached hydrogen (secondary N) is 1. The standard InChI is InChI=1S/C28H30FNO2/c1-18-6-8-20(9-7-18)16-32-17-24-22(23-11-10-21(29)14-26(23)31-5)12-13-25-27(24)19(2)15-28(3,4)30-25/h6-15,30H,16-17H2,1-5H3. The van der Waals surface area contributed by atoms with Crippen molar-refractivity contribution in [3.63, 3.8) is 0 Å². The number of methoxy groups -OCH3 is 1. The van der Waals surface area contributed by atoms with Gasteiger partial charge in [0.05, 0.1) is 25.9 Å². The zero-order chi connectivity index (χ0) is 22.9. The van der Waals surface area contributed by atoms with E-state index in [1.54, 1.807) is 13.2 Å². The van der Waals surface area contributed by atoms with Crippen LogP contribution in [0.4, 0.5) is 10.1 Å². The Morgan fingerprint density at radius 1 is 0.906 bits per heavy atom. The molecule has 0 aromatic heterocycles. The van der Waals surface area contributed by atoms with E-state index in [9.17, 15) is 4.39 Å². The van der Waals surface area contributed by atoms with Gasteiger partial charge in [0.2, 0.25) is 0 Å². The summed E-state index contributed by atoms with van der Waals surface area (Å²) < 4.78 is 25.6. The van der Waals surface area contributed by atoms with E-state index in [4.69, 9.17) is 9.47 Å². The minimum atomic E-state index is -0.319. The van der Waals surface area contributed by atoms with Gasteiger partial charge < -0.3 is 14.8 Å². The molecule has 0 radical (unpaired) electrons. The molecule has 1 N–H and O–H groups in total. The van der Waals surface area contributed by atoms with Crippen LogP contribution in [0.15, 0.2) is 60.7 Å². The highest BCUT2D eigenvalue weighted by Crippen LogP contribution is 2.42. The van der Waals surface area contributed by atoms with E-state index in [2.05, 4.69) is 75.5 Å². The fourth-order valence-corrected chi connectivity index (χ4v) is 4.44. The summed E-state index contributed by atoms with van der Waals surface area (Å²) >= 11 is 0. The summed E-state index contributed by atoms with van der Waals surface area (Å²) in [6.45, 7) is 9.48. The van der Waals surface area contributed by atoms with Crippen LogP contribution in [0.25, 0.3) is 16.7 Å². The fourth-order valence-electron chi connectivity index (χ4n) is 4.44. The highest BCUT2D eigenvalue weighted by molar-refractivity contribution is 5.88. The largest absolute Gasteiger partial charge is 0.496 e. The number of hydrogen-bond donors (Lipinski definition) is 1. The van der Waals surface area contributed by atoms with Crippen molar-refractivity contribution in [2.45, 2.75) is 46.4 Å². The van der Waals surface area contributed by atoms with Gasteiger partial charge in [-0.2, -0.15) is 0 Å². The van der Waals surface area contributed by atoms with Crippen LogP contribution in [-0.4, -0.2) is 12.6 Å². The molecule has 0 spiro atoms. The maximum atomic E-state index is 13.9. The van der Waals surface area contributed by atoms with Crippen molar-refractivity contribution in [2.24, 2.45) is 0 Å². The first-order valence-electron chi connectivity index (χ1n) is 10.9. The summed E-state index contributed by atoms with van der Waals surface area (Å²) in [6.07, 6.45) is 2.24. The number of allylic oxidation sites excluding steroid dienone is 1. The van der Waals surface area contributed by atoms with Crippen molar-refractivity contribution >= 4 is 11.3 Å². The van der Waals surface area contributed by atoms with Crippen LogP contribution in [0.2, 0.25) is 0 Å². The van der Waals surface area contributed by atoms with E-state index in [-0.39, 0.29) is 11.4 Å². The molecule has 0 fully saturated rings. The molecule has 0 aliphatic carbocycles. The molecule has 1 aliphatic heterocycles. The fraction of sp³-hybridized carbons (Fsp3) is 0.286. The van der Waals surface area contributed by atoms with Crippen LogP contribution in [0.3, 0.4) is 0 Å². The highest BCUT2D eigenvalue weighted by atomic mass is 19.1. The molecule has 4 heteroatoms. The lowest BCUT2D eigenvalue weighted by Crippen LogP contribution is -2.32. The number of aryl methyl sites for hydroxylation is 1. The van der Waals surface area contributed by atoms with Gasteiger partial charge in [-0.25, -0.2) is 4.39 Å². The highest BCUT2D eigenvalue weighted by Gasteiger charge is 2.26. The van der Waals surface area contributed by atoms with Crippen molar-refractivity contribution in [1.82, 2.24) is 0 Å². The number of anilines is 1. The van der Waals surface area contributed by atoms with E-state index in [0.717, 1.165) is 33.5 Å².